The fraction of sp³-hybridized carbons (Fsp3) is 0.444. The maximum atomic E-state index is 12.1. The monoisotopic (exact) mass is 379 g/mol. The number of ether oxygens (including phenoxy) is 1. The van der Waals surface area contributed by atoms with Crippen molar-refractivity contribution in [2.75, 3.05) is 11.5 Å². The average Bonchev–Trinajstić information content (AvgIpc) is 3.09. The van der Waals surface area contributed by atoms with Gasteiger partial charge >= 0.3 is 5.97 Å². The summed E-state index contributed by atoms with van der Waals surface area (Å²) in [5.74, 6) is -1.04. The fourth-order valence-corrected chi connectivity index (χ4v) is 4.68. The van der Waals surface area contributed by atoms with Crippen molar-refractivity contribution in [2.24, 2.45) is 0 Å². The number of furan rings is 1. The van der Waals surface area contributed by atoms with Crippen LogP contribution < -0.4 is 5.32 Å². The summed E-state index contributed by atoms with van der Waals surface area (Å²) in [6.45, 7) is 3.42. The highest BCUT2D eigenvalue weighted by Gasteiger charge is 2.30. The van der Waals surface area contributed by atoms with Gasteiger partial charge in [0.2, 0.25) is 0 Å². The Kier molecular flexibility index (Phi) is 5.04. The first-order valence-corrected chi connectivity index (χ1v) is 10.2. The molecule has 8 heteroatoms. The van der Waals surface area contributed by atoms with Crippen molar-refractivity contribution in [3.05, 3.63) is 35.6 Å². The summed E-state index contributed by atoms with van der Waals surface area (Å²) >= 11 is 0. The number of sulfone groups is 1. The number of esters is 1. The minimum Gasteiger partial charge on any atom is -0.464 e. The zero-order valence-electron chi connectivity index (χ0n) is 14.7. The molecule has 1 fully saturated rings. The van der Waals surface area contributed by atoms with E-state index in [0.29, 0.717) is 17.6 Å². The third-order valence-electron chi connectivity index (χ3n) is 4.40. The Hall–Kier alpha value is -2.35. The number of carbonyl (C=O) groups is 2. The number of carbonyl (C=O) groups excluding carboxylic acids is 2. The topological polar surface area (TPSA) is 103 Å². The van der Waals surface area contributed by atoms with E-state index < -0.39 is 33.9 Å². The van der Waals surface area contributed by atoms with Crippen molar-refractivity contribution in [1.82, 2.24) is 5.32 Å². The molecule has 3 rings (SSSR count). The second-order valence-corrected chi connectivity index (χ2v) is 8.91. The first kappa shape index (κ1) is 18.4. The SMILES string of the molecule is Cc1ccc2c(CC(=O)O[C@H](C)C(=O)N[C@H]3CCS(=O)(=O)C3)coc2c1. The van der Waals surface area contributed by atoms with E-state index in [0.717, 1.165) is 10.9 Å². The Morgan fingerprint density at radius 1 is 1.38 bits per heavy atom. The Bertz CT molecular complexity index is 946. The highest BCUT2D eigenvalue weighted by atomic mass is 32.2. The molecule has 0 unspecified atom stereocenters. The van der Waals surface area contributed by atoms with Crippen LogP contribution >= 0.6 is 0 Å². The molecule has 2 aromatic rings. The van der Waals surface area contributed by atoms with E-state index in [1.807, 2.05) is 25.1 Å². The minimum absolute atomic E-state index is 0.00844. The number of amides is 1. The van der Waals surface area contributed by atoms with Crippen LogP contribution in [0.5, 0.6) is 0 Å². The van der Waals surface area contributed by atoms with Gasteiger partial charge in [-0.05, 0) is 31.9 Å². The van der Waals surface area contributed by atoms with E-state index in [-0.39, 0.29) is 17.9 Å². The summed E-state index contributed by atoms with van der Waals surface area (Å²) < 4.78 is 33.5. The zero-order chi connectivity index (χ0) is 18.9. The lowest BCUT2D eigenvalue weighted by molar-refractivity contribution is -0.154. The van der Waals surface area contributed by atoms with Crippen molar-refractivity contribution in [1.29, 1.82) is 0 Å². The van der Waals surface area contributed by atoms with Gasteiger partial charge in [-0.1, -0.05) is 12.1 Å². The van der Waals surface area contributed by atoms with Crippen LogP contribution in [0.4, 0.5) is 0 Å². The first-order valence-electron chi connectivity index (χ1n) is 8.40. The highest BCUT2D eigenvalue weighted by molar-refractivity contribution is 7.91. The molecule has 0 bridgehead atoms. The molecule has 0 spiro atoms. The molecule has 1 aromatic carbocycles. The zero-order valence-corrected chi connectivity index (χ0v) is 15.5. The van der Waals surface area contributed by atoms with E-state index in [9.17, 15) is 18.0 Å². The van der Waals surface area contributed by atoms with Crippen LogP contribution in [-0.4, -0.2) is 43.9 Å². The van der Waals surface area contributed by atoms with Crippen LogP contribution in [0, 0.1) is 6.92 Å². The molecule has 1 aromatic heterocycles. The summed E-state index contributed by atoms with van der Waals surface area (Å²) in [4.78, 5) is 24.2. The largest absolute Gasteiger partial charge is 0.464 e. The van der Waals surface area contributed by atoms with Crippen LogP contribution in [0.25, 0.3) is 11.0 Å². The lowest BCUT2D eigenvalue weighted by Crippen LogP contribution is -2.42. The fourth-order valence-electron chi connectivity index (χ4n) is 3.00. The number of rotatable bonds is 5. The third kappa shape index (κ3) is 4.24. The van der Waals surface area contributed by atoms with Gasteiger partial charge in [0.25, 0.3) is 5.91 Å². The molecular formula is C18H21NO6S. The van der Waals surface area contributed by atoms with Gasteiger partial charge in [0, 0.05) is 17.0 Å². The molecule has 2 atom stereocenters. The minimum atomic E-state index is -3.08. The van der Waals surface area contributed by atoms with Gasteiger partial charge in [0.1, 0.15) is 5.58 Å². The van der Waals surface area contributed by atoms with Gasteiger partial charge in [-0.2, -0.15) is 0 Å². The molecule has 1 amide bonds. The molecule has 26 heavy (non-hydrogen) atoms. The van der Waals surface area contributed by atoms with E-state index >= 15 is 0 Å². The van der Waals surface area contributed by atoms with Gasteiger partial charge in [0.15, 0.2) is 15.9 Å². The van der Waals surface area contributed by atoms with Crippen molar-refractivity contribution in [3.8, 4) is 0 Å². The van der Waals surface area contributed by atoms with Gasteiger partial charge in [-0.25, -0.2) is 8.42 Å². The normalized spacial score (nSPS) is 20.0. The summed E-state index contributed by atoms with van der Waals surface area (Å²) in [6.07, 6.45) is 0.895. The quantitative estimate of drug-likeness (QED) is 0.790. The second kappa shape index (κ2) is 7.11. The predicted octanol–water partition coefficient (Wildman–Crippen LogP) is 1.52. The van der Waals surface area contributed by atoms with E-state index in [1.165, 1.54) is 13.2 Å². The molecule has 7 nitrogen and oxygen atoms in total. The summed E-state index contributed by atoms with van der Waals surface area (Å²) in [5.41, 5.74) is 2.45. The molecular weight excluding hydrogens is 358 g/mol. The molecule has 1 saturated heterocycles. The maximum Gasteiger partial charge on any atom is 0.311 e. The van der Waals surface area contributed by atoms with E-state index in [4.69, 9.17) is 9.15 Å². The van der Waals surface area contributed by atoms with Gasteiger partial charge in [-0.15, -0.1) is 0 Å². The van der Waals surface area contributed by atoms with Crippen molar-refractivity contribution >= 4 is 32.7 Å². The summed E-state index contributed by atoms with van der Waals surface area (Å²) in [5, 5.41) is 3.45. The predicted molar refractivity (Wildman–Crippen MR) is 95.4 cm³/mol. The molecule has 1 aliphatic rings. The number of nitrogens with one attached hydrogen (secondary N) is 1. The molecule has 140 valence electrons. The third-order valence-corrected chi connectivity index (χ3v) is 6.17. The van der Waals surface area contributed by atoms with E-state index in [1.54, 1.807) is 0 Å². The number of benzene rings is 1. The summed E-state index contributed by atoms with van der Waals surface area (Å²) in [7, 11) is -3.08. The number of hydrogen-bond donors (Lipinski definition) is 1. The molecule has 2 heterocycles. The van der Waals surface area contributed by atoms with Crippen LogP contribution in [0.1, 0.15) is 24.5 Å². The number of aryl methyl sites for hydroxylation is 1. The first-order chi connectivity index (χ1) is 12.2. The lowest BCUT2D eigenvalue weighted by Gasteiger charge is -2.16. The smallest absolute Gasteiger partial charge is 0.311 e. The van der Waals surface area contributed by atoms with Crippen LogP contribution in [0.3, 0.4) is 0 Å². The molecule has 1 N–H and O–H groups in total. The Labute approximate surface area is 151 Å². The van der Waals surface area contributed by atoms with Crippen LogP contribution in [0.2, 0.25) is 0 Å². The molecule has 0 radical (unpaired) electrons. The number of fused-ring (bicyclic) bond motifs is 1. The standard InChI is InChI=1S/C18H21NO6S/c1-11-3-4-15-13(9-24-16(15)7-11)8-17(20)25-12(2)18(21)19-14-5-6-26(22,23)10-14/h3-4,7,9,12,14H,5-6,8,10H2,1-2H3,(H,19,21)/t12-,14+/m1/s1. The van der Waals surface area contributed by atoms with E-state index in [2.05, 4.69) is 5.32 Å². The average molecular weight is 379 g/mol. The second-order valence-electron chi connectivity index (χ2n) is 6.68. The Morgan fingerprint density at radius 2 is 2.15 bits per heavy atom. The van der Waals surface area contributed by atoms with Crippen molar-refractivity contribution < 1.29 is 27.2 Å². The van der Waals surface area contributed by atoms with Crippen LogP contribution in [-0.2, 0) is 30.6 Å². The van der Waals surface area contributed by atoms with Gasteiger partial charge < -0.3 is 14.5 Å². The van der Waals surface area contributed by atoms with Gasteiger partial charge in [-0.3, -0.25) is 9.59 Å². The maximum absolute atomic E-state index is 12.1. The van der Waals surface area contributed by atoms with Crippen molar-refractivity contribution in [2.45, 2.75) is 38.8 Å². The van der Waals surface area contributed by atoms with Gasteiger partial charge in [0.05, 0.1) is 24.2 Å². The Balaban J connectivity index is 1.56. The van der Waals surface area contributed by atoms with Crippen molar-refractivity contribution in [3.63, 3.8) is 0 Å². The molecule has 1 aliphatic heterocycles. The lowest BCUT2D eigenvalue weighted by atomic mass is 10.1. The molecule has 0 saturated carbocycles. The summed E-state index contributed by atoms with van der Waals surface area (Å²) in [6, 6.07) is 5.27. The molecule has 0 aliphatic carbocycles. The number of hydrogen-bond acceptors (Lipinski definition) is 6. The highest BCUT2D eigenvalue weighted by Crippen LogP contribution is 2.23. The Morgan fingerprint density at radius 3 is 2.85 bits per heavy atom. The van der Waals surface area contributed by atoms with Crippen LogP contribution in [0.15, 0.2) is 28.9 Å².